The van der Waals surface area contributed by atoms with Gasteiger partial charge in [-0.1, -0.05) is 0 Å². The van der Waals surface area contributed by atoms with Crippen molar-refractivity contribution in [3.05, 3.63) is 16.1 Å². The molecule has 1 aromatic carbocycles. The topological polar surface area (TPSA) is 76.0 Å². The van der Waals surface area contributed by atoms with Crippen LogP contribution in [0.1, 0.15) is 5.56 Å². The van der Waals surface area contributed by atoms with Crippen LogP contribution in [0.25, 0.3) is 0 Å². The molecule has 0 atom stereocenters. The number of hydrogen-bond donors (Lipinski definition) is 2. The lowest BCUT2D eigenvalue weighted by atomic mass is 10.1. The van der Waals surface area contributed by atoms with Crippen molar-refractivity contribution in [3.63, 3.8) is 0 Å². The Balaban J connectivity index is 2.49. The summed E-state index contributed by atoms with van der Waals surface area (Å²) in [6.45, 7) is 0.0733. The number of hydrogen-bond acceptors (Lipinski definition) is 4. The van der Waals surface area contributed by atoms with Crippen molar-refractivity contribution in [1.82, 2.24) is 0 Å². The predicted molar refractivity (Wildman–Crippen MR) is 53.3 cm³/mol. The molecule has 1 aliphatic heterocycles. The van der Waals surface area contributed by atoms with Crippen molar-refractivity contribution >= 4 is 21.9 Å². The molecule has 6 heteroatoms. The summed E-state index contributed by atoms with van der Waals surface area (Å²) in [5, 5.41) is 18.3. The van der Waals surface area contributed by atoms with Crippen molar-refractivity contribution in [1.29, 1.82) is 0 Å². The number of carbonyl (C=O) groups is 1. The van der Waals surface area contributed by atoms with E-state index in [2.05, 4.69) is 15.9 Å². The summed E-state index contributed by atoms with van der Waals surface area (Å²) >= 11 is 3.12. The number of phenols is 1. The molecule has 0 spiro atoms. The van der Waals surface area contributed by atoms with Crippen molar-refractivity contribution < 1.29 is 24.5 Å². The van der Waals surface area contributed by atoms with Gasteiger partial charge in [0.15, 0.2) is 11.5 Å². The van der Waals surface area contributed by atoms with Crippen LogP contribution in [-0.4, -0.2) is 23.0 Å². The average Bonchev–Trinajstić information content (AvgIpc) is 2.61. The monoisotopic (exact) mass is 274 g/mol. The molecule has 0 unspecified atom stereocenters. The minimum absolute atomic E-state index is 0.0733. The molecule has 80 valence electrons. The maximum Gasteiger partial charge on any atom is 0.307 e. The Morgan fingerprint density at radius 2 is 2.27 bits per heavy atom. The fourth-order valence-electron chi connectivity index (χ4n) is 1.34. The number of halogens is 1. The average molecular weight is 275 g/mol. The second-order valence-corrected chi connectivity index (χ2v) is 3.80. The number of aliphatic carboxylic acids is 1. The molecule has 0 amide bonds. The zero-order chi connectivity index (χ0) is 11.0. The van der Waals surface area contributed by atoms with Crippen molar-refractivity contribution in [3.8, 4) is 17.2 Å². The molecule has 1 heterocycles. The Labute approximate surface area is 93.4 Å². The molecule has 0 aliphatic carbocycles. The lowest BCUT2D eigenvalue weighted by Gasteiger charge is -2.06. The lowest BCUT2D eigenvalue weighted by molar-refractivity contribution is -0.136. The highest BCUT2D eigenvalue weighted by atomic mass is 79.9. The smallest absolute Gasteiger partial charge is 0.307 e. The lowest BCUT2D eigenvalue weighted by Crippen LogP contribution is -2.00. The molecule has 0 aromatic heterocycles. The molecule has 0 radical (unpaired) electrons. The first-order chi connectivity index (χ1) is 7.09. The summed E-state index contributed by atoms with van der Waals surface area (Å²) in [6.07, 6.45) is -0.263. The summed E-state index contributed by atoms with van der Waals surface area (Å²) < 4.78 is 10.5. The minimum atomic E-state index is -1.02. The Kier molecular flexibility index (Phi) is 2.44. The number of phenolic OH excluding ortho intramolecular Hbond substituents is 1. The van der Waals surface area contributed by atoms with Crippen LogP contribution in [0.3, 0.4) is 0 Å². The molecule has 1 aliphatic rings. The third-order valence-corrected chi connectivity index (χ3v) is 2.74. The normalized spacial score (nSPS) is 12.9. The van der Waals surface area contributed by atoms with E-state index in [1.54, 1.807) is 0 Å². The first-order valence-corrected chi connectivity index (χ1v) is 4.90. The van der Waals surface area contributed by atoms with E-state index >= 15 is 0 Å². The molecule has 5 nitrogen and oxygen atoms in total. The summed E-state index contributed by atoms with van der Waals surface area (Å²) in [7, 11) is 0. The van der Waals surface area contributed by atoms with Gasteiger partial charge in [-0.3, -0.25) is 4.79 Å². The van der Waals surface area contributed by atoms with Gasteiger partial charge in [0, 0.05) is 5.56 Å². The predicted octanol–water partition coefficient (Wildman–Crippen LogP) is 1.51. The van der Waals surface area contributed by atoms with Gasteiger partial charge in [0.2, 0.25) is 6.79 Å². The van der Waals surface area contributed by atoms with Gasteiger partial charge in [-0.25, -0.2) is 0 Å². The summed E-state index contributed by atoms with van der Waals surface area (Å²) in [4.78, 5) is 10.5. The van der Waals surface area contributed by atoms with Crippen molar-refractivity contribution in [2.75, 3.05) is 6.79 Å². The van der Waals surface area contributed by atoms with Gasteiger partial charge in [-0.2, -0.15) is 0 Å². The molecule has 0 bridgehead atoms. The van der Waals surface area contributed by atoms with E-state index in [1.165, 1.54) is 6.07 Å². The second kappa shape index (κ2) is 3.62. The number of carboxylic acids is 1. The Morgan fingerprint density at radius 3 is 2.93 bits per heavy atom. The van der Waals surface area contributed by atoms with Crippen molar-refractivity contribution in [2.45, 2.75) is 6.42 Å². The van der Waals surface area contributed by atoms with Crippen LogP contribution in [0.5, 0.6) is 17.2 Å². The SMILES string of the molecule is O=C(O)Cc1cc2c(c(Br)c1O)OCO2. The molecule has 0 fully saturated rings. The molecular weight excluding hydrogens is 268 g/mol. The number of fused-ring (bicyclic) bond motifs is 1. The molecule has 0 saturated carbocycles. The van der Waals surface area contributed by atoms with Crippen LogP contribution >= 0.6 is 15.9 Å². The van der Waals surface area contributed by atoms with Crippen LogP contribution in [0.15, 0.2) is 10.5 Å². The van der Waals surface area contributed by atoms with E-state index in [4.69, 9.17) is 14.6 Å². The minimum Gasteiger partial charge on any atom is -0.506 e. The van der Waals surface area contributed by atoms with E-state index in [-0.39, 0.29) is 19.0 Å². The highest BCUT2D eigenvalue weighted by Crippen LogP contribution is 2.46. The third kappa shape index (κ3) is 1.72. The largest absolute Gasteiger partial charge is 0.506 e. The summed E-state index contributed by atoms with van der Waals surface area (Å²) in [6, 6.07) is 1.47. The number of benzene rings is 1. The fourth-order valence-corrected chi connectivity index (χ4v) is 1.90. The van der Waals surface area contributed by atoms with Crippen LogP contribution < -0.4 is 9.47 Å². The Hall–Kier alpha value is -1.43. The van der Waals surface area contributed by atoms with E-state index in [1.807, 2.05) is 0 Å². The molecular formula is C9H7BrO5. The van der Waals surface area contributed by atoms with Gasteiger partial charge in [-0.05, 0) is 22.0 Å². The third-order valence-electron chi connectivity index (χ3n) is 2.00. The van der Waals surface area contributed by atoms with Crippen LogP contribution in [0.4, 0.5) is 0 Å². The van der Waals surface area contributed by atoms with Gasteiger partial charge < -0.3 is 19.7 Å². The fraction of sp³-hybridized carbons (Fsp3) is 0.222. The Bertz CT molecular complexity index is 429. The van der Waals surface area contributed by atoms with E-state index in [0.717, 1.165) is 0 Å². The maximum absolute atomic E-state index is 10.5. The number of rotatable bonds is 2. The highest BCUT2D eigenvalue weighted by molar-refractivity contribution is 9.10. The second-order valence-electron chi connectivity index (χ2n) is 3.00. The zero-order valence-electron chi connectivity index (χ0n) is 7.49. The molecule has 1 aromatic rings. The van der Waals surface area contributed by atoms with E-state index in [0.29, 0.717) is 21.5 Å². The Morgan fingerprint density at radius 1 is 1.53 bits per heavy atom. The maximum atomic E-state index is 10.5. The van der Waals surface area contributed by atoms with Gasteiger partial charge in [0.1, 0.15) is 10.2 Å². The van der Waals surface area contributed by atoms with Crippen LogP contribution in [0.2, 0.25) is 0 Å². The van der Waals surface area contributed by atoms with Crippen molar-refractivity contribution in [2.24, 2.45) is 0 Å². The van der Waals surface area contributed by atoms with Gasteiger partial charge in [-0.15, -0.1) is 0 Å². The first-order valence-electron chi connectivity index (χ1n) is 4.11. The van der Waals surface area contributed by atoms with E-state index in [9.17, 15) is 9.90 Å². The quantitative estimate of drug-likeness (QED) is 0.855. The number of aromatic hydroxyl groups is 1. The molecule has 15 heavy (non-hydrogen) atoms. The van der Waals surface area contributed by atoms with Crippen LogP contribution in [0, 0.1) is 0 Å². The van der Waals surface area contributed by atoms with Gasteiger partial charge in [0.05, 0.1) is 6.42 Å². The molecule has 0 saturated heterocycles. The summed E-state index contributed by atoms with van der Waals surface area (Å²) in [5.74, 6) is -0.296. The van der Waals surface area contributed by atoms with Crippen LogP contribution in [-0.2, 0) is 11.2 Å². The van der Waals surface area contributed by atoms with Gasteiger partial charge >= 0.3 is 5.97 Å². The molecule has 2 N–H and O–H groups in total. The number of carboxylic acid groups (broad SMARTS) is 1. The first kappa shape index (κ1) is 10.1. The summed E-state index contributed by atoms with van der Waals surface area (Å²) in [5.41, 5.74) is 0.290. The van der Waals surface area contributed by atoms with Gasteiger partial charge in [0.25, 0.3) is 0 Å². The standard InChI is InChI=1S/C9H7BrO5/c10-7-8(13)4(2-6(11)12)1-5-9(7)15-3-14-5/h1,13H,2-3H2,(H,11,12). The molecule has 2 rings (SSSR count). The van der Waals surface area contributed by atoms with E-state index < -0.39 is 5.97 Å². The zero-order valence-corrected chi connectivity index (χ0v) is 9.07. The number of ether oxygens (including phenoxy) is 2. The highest BCUT2D eigenvalue weighted by Gasteiger charge is 2.23.